The van der Waals surface area contributed by atoms with Gasteiger partial charge in [-0.25, -0.2) is 4.79 Å². The molecule has 1 atom stereocenters. The monoisotopic (exact) mass is 485 g/mol. The lowest BCUT2D eigenvalue weighted by atomic mass is 10.0. The van der Waals surface area contributed by atoms with Crippen LogP contribution in [0.4, 0.5) is 4.79 Å². The van der Waals surface area contributed by atoms with Crippen LogP contribution in [0.3, 0.4) is 0 Å². The SMILES string of the molecule is CCCCCCCCCCCC[C@@H](OC(=O)N(C)Cc1ccccc1)c1coc([Si](C)(C)C)c1. The van der Waals surface area contributed by atoms with Gasteiger partial charge in [-0.05, 0) is 24.5 Å². The van der Waals surface area contributed by atoms with Crippen molar-refractivity contribution in [3.63, 3.8) is 0 Å². The first-order valence-electron chi connectivity index (χ1n) is 13.4. The number of unbranched alkanes of at least 4 members (excludes halogenated alkanes) is 9. The van der Waals surface area contributed by atoms with Crippen LogP contribution in [0, 0.1) is 0 Å². The molecule has 1 amide bonds. The van der Waals surface area contributed by atoms with Crippen molar-refractivity contribution < 1.29 is 13.9 Å². The highest BCUT2D eigenvalue weighted by Crippen LogP contribution is 2.26. The van der Waals surface area contributed by atoms with E-state index < -0.39 is 8.07 Å². The predicted molar refractivity (Wildman–Crippen MR) is 145 cm³/mol. The lowest BCUT2D eigenvalue weighted by Gasteiger charge is -2.22. The normalized spacial score (nSPS) is 12.5. The second kappa shape index (κ2) is 15.1. The van der Waals surface area contributed by atoms with Crippen molar-refractivity contribution in [3.8, 4) is 0 Å². The molecule has 0 N–H and O–H groups in total. The molecule has 0 aliphatic carbocycles. The molecule has 0 aliphatic rings. The molecular formula is C29H47NO3Si. The molecule has 0 radical (unpaired) electrons. The Kier molecular flexibility index (Phi) is 12.5. The van der Waals surface area contributed by atoms with E-state index in [1.165, 1.54) is 57.8 Å². The van der Waals surface area contributed by atoms with E-state index in [1.54, 1.807) is 18.2 Å². The van der Waals surface area contributed by atoms with Crippen molar-refractivity contribution in [1.82, 2.24) is 4.90 Å². The number of benzene rings is 1. The van der Waals surface area contributed by atoms with Gasteiger partial charge in [-0.3, -0.25) is 0 Å². The van der Waals surface area contributed by atoms with E-state index in [9.17, 15) is 4.79 Å². The Labute approximate surface area is 209 Å². The third kappa shape index (κ3) is 10.5. The van der Waals surface area contributed by atoms with Crippen LogP contribution in [0.15, 0.2) is 47.1 Å². The van der Waals surface area contributed by atoms with Crippen LogP contribution < -0.4 is 5.38 Å². The number of hydrogen-bond donors (Lipinski definition) is 0. The van der Waals surface area contributed by atoms with Gasteiger partial charge in [-0.15, -0.1) is 0 Å². The molecule has 1 heterocycles. The molecule has 0 spiro atoms. The zero-order valence-corrected chi connectivity index (χ0v) is 23.3. The summed E-state index contributed by atoms with van der Waals surface area (Å²) in [7, 11) is 0.247. The summed E-state index contributed by atoms with van der Waals surface area (Å²) in [6, 6.07) is 12.2. The summed E-state index contributed by atoms with van der Waals surface area (Å²) >= 11 is 0. The minimum atomic E-state index is -1.55. The van der Waals surface area contributed by atoms with E-state index in [0.717, 1.165) is 29.4 Å². The number of rotatable bonds is 16. The highest BCUT2D eigenvalue weighted by Gasteiger charge is 2.26. The van der Waals surface area contributed by atoms with Crippen LogP contribution in [0.1, 0.15) is 94.8 Å². The van der Waals surface area contributed by atoms with E-state index in [0.29, 0.717) is 6.54 Å². The van der Waals surface area contributed by atoms with Crippen LogP contribution in [0.5, 0.6) is 0 Å². The second-order valence-electron chi connectivity index (χ2n) is 10.7. The number of hydrogen-bond acceptors (Lipinski definition) is 3. The van der Waals surface area contributed by atoms with Crippen molar-refractivity contribution in [2.45, 2.75) is 110 Å². The molecule has 0 fully saturated rings. The Morgan fingerprint density at radius 1 is 0.941 bits per heavy atom. The van der Waals surface area contributed by atoms with Gasteiger partial charge < -0.3 is 14.1 Å². The Hall–Kier alpha value is -2.01. The summed E-state index contributed by atoms with van der Waals surface area (Å²) in [6.45, 7) is 9.61. The molecule has 0 unspecified atom stereocenters. The first kappa shape index (κ1) is 28.2. The first-order chi connectivity index (χ1) is 16.3. The van der Waals surface area contributed by atoms with Crippen LogP contribution in [-0.2, 0) is 11.3 Å². The zero-order chi connectivity index (χ0) is 24.8. The molecule has 0 aliphatic heterocycles. The summed E-state index contributed by atoms with van der Waals surface area (Å²) in [5.41, 5.74) is 2.09. The fourth-order valence-corrected chi connectivity index (χ4v) is 5.17. The maximum Gasteiger partial charge on any atom is 0.410 e. The molecule has 0 bridgehead atoms. The standard InChI is InChI=1S/C29H47NO3Si/c1-6-7-8-9-10-11-12-13-14-18-21-27(26-22-28(32-24-26)34(3,4)5)33-29(31)30(2)23-25-19-16-15-17-20-25/h15-17,19-20,22,24,27H,6-14,18,21,23H2,1-5H3/t27-/m1/s1. The summed E-state index contributed by atoms with van der Waals surface area (Å²) in [5.74, 6) is 0. The largest absolute Gasteiger partial charge is 0.474 e. The van der Waals surface area contributed by atoms with Crippen molar-refractivity contribution in [2.75, 3.05) is 7.05 Å². The topological polar surface area (TPSA) is 42.7 Å². The average Bonchev–Trinajstić information content (AvgIpc) is 3.31. The van der Waals surface area contributed by atoms with Gasteiger partial charge >= 0.3 is 6.09 Å². The van der Waals surface area contributed by atoms with Crippen LogP contribution >= 0.6 is 0 Å². The molecular weight excluding hydrogens is 438 g/mol. The van der Waals surface area contributed by atoms with E-state index in [4.69, 9.17) is 9.15 Å². The van der Waals surface area contributed by atoms with Gasteiger partial charge in [0.1, 0.15) is 14.2 Å². The van der Waals surface area contributed by atoms with Crippen molar-refractivity contribution >= 4 is 19.6 Å². The summed E-state index contributed by atoms with van der Waals surface area (Å²) in [5, 5.41) is 1.06. The third-order valence-electron chi connectivity index (χ3n) is 6.37. The Bertz CT molecular complexity index is 812. The summed E-state index contributed by atoms with van der Waals surface area (Å²) in [6.07, 6.45) is 15.1. The van der Waals surface area contributed by atoms with Crippen LogP contribution in [-0.4, -0.2) is 26.1 Å². The molecule has 34 heavy (non-hydrogen) atoms. The number of ether oxygens (including phenoxy) is 1. The van der Waals surface area contributed by atoms with Crippen molar-refractivity contribution in [1.29, 1.82) is 0 Å². The minimum absolute atomic E-state index is 0.256. The summed E-state index contributed by atoms with van der Waals surface area (Å²) in [4.78, 5) is 14.6. The molecule has 5 heteroatoms. The van der Waals surface area contributed by atoms with Crippen LogP contribution in [0.25, 0.3) is 0 Å². The molecule has 1 aromatic heterocycles. The smallest absolute Gasteiger partial charge is 0.410 e. The maximum atomic E-state index is 12.9. The van der Waals surface area contributed by atoms with Gasteiger partial charge in [0.2, 0.25) is 0 Å². The number of carbonyl (C=O) groups is 1. The molecule has 190 valence electrons. The van der Waals surface area contributed by atoms with E-state index in [2.05, 4.69) is 32.6 Å². The third-order valence-corrected chi connectivity index (χ3v) is 8.11. The first-order valence-corrected chi connectivity index (χ1v) is 16.9. The van der Waals surface area contributed by atoms with Gasteiger partial charge in [0.15, 0.2) is 0 Å². The zero-order valence-electron chi connectivity index (χ0n) is 22.3. The maximum absolute atomic E-state index is 12.9. The molecule has 0 saturated carbocycles. The predicted octanol–water partition coefficient (Wildman–Crippen LogP) is 8.45. The second-order valence-corrected chi connectivity index (χ2v) is 15.7. The Morgan fingerprint density at radius 3 is 2.09 bits per heavy atom. The quantitative estimate of drug-likeness (QED) is 0.177. The van der Waals surface area contributed by atoms with Crippen molar-refractivity contribution in [3.05, 3.63) is 53.8 Å². The lowest BCUT2D eigenvalue weighted by Crippen LogP contribution is -2.36. The number of amides is 1. The van der Waals surface area contributed by atoms with Gasteiger partial charge in [0.05, 0.1) is 11.6 Å². The molecule has 1 aromatic carbocycles. The fourth-order valence-electron chi connectivity index (χ4n) is 4.16. The minimum Gasteiger partial charge on any atom is -0.474 e. The number of carbonyl (C=O) groups excluding carboxylic acids is 1. The van der Waals surface area contributed by atoms with Crippen LogP contribution in [0.2, 0.25) is 19.6 Å². The van der Waals surface area contributed by atoms with Gasteiger partial charge in [-0.1, -0.05) is 115 Å². The fraction of sp³-hybridized carbons (Fsp3) is 0.621. The molecule has 4 nitrogen and oxygen atoms in total. The average molecular weight is 486 g/mol. The lowest BCUT2D eigenvalue weighted by molar-refractivity contribution is 0.0613. The van der Waals surface area contributed by atoms with Gasteiger partial charge in [0.25, 0.3) is 0 Å². The molecule has 0 saturated heterocycles. The Balaban J connectivity index is 1.87. The number of furan rings is 1. The van der Waals surface area contributed by atoms with E-state index in [-0.39, 0.29) is 12.2 Å². The molecule has 2 aromatic rings. The highest BCUT2D eigenvalue weighted by molar-refractivity contribution is 6.87. The van der Waals surface area contributed by atoms with Crippen molar-refractivity contribution in [2.24, 2.45) is 0 Å². The molecule has 2 rings (SSSR count). The van der Waals surface area contributed by atoms with Gasteiger partial charge in [0, 0.05) is 19.2 Å². The highest BCUT2D eigenvalue weighted by atomic mass is 28.3. The Morgan fingerprint density at radius 2 is 1.53 bits per heavy atom. The summed E-state index contributed by atoms with van der Waals surface area (Å²) < 4.78 is 11.9. The number of nitrogens with zero attached hydrogens (tertiary/aromatic N) is 1. The van der Waals surface area contributed by atoms with Gasteiger partial charge in [-0.2, -0.15) is 0 Å². The van der Waals surface area contributed by atoms with E-state index in [1.807, 2.05) is 30.3 Å². The van der Waals surface area contributed by atoms with E-state index >= 15 is 0 Å².